The zero-order chi connectivity index (χ0) is 17.1. The highest BCUT2D eigenvalue weighted by Crippen LogP contribution is 2.16. The molecule has 6 nitrogen and oxygen atoms in total. The van der Waals surface area contributed by atoms with Crippen LogP contribution >= 0.6 is 0 Å². The third-order valence-corrected chi connectivity index (χ3v) is 4.27. The Hall–Kier alpha value is -2.76. The average Bonchev–Trinajstić information content (AvgIpc) is 3.04. The molecule has 2 heterocycles. The Morgan fingerprint density at radius 1 is 1.25 bits per heavy atom. The molecule has 124 valence electrons. The Bertz CT molecular complexity index is 856. The topological polar surface area (TPSA) is 72.2 Å². The minimum absolute atomic E-state index is 0.00295. The summed E-state index contributed by atoms with van der Waals surface area (Å²) in [6.45, 7) is 5.92. The standard InChI is InChI=1S/C18H21N5O/c1-12(15-7-5-4-6-8-15)21-17(24)10-9-16-13(2)22-18-19-11-20-23(18)14(16)3/h4-8,11-12H,9-10H2,1-3H3,(H,21,24)/t12-/m0/s1. The molecular weight excluding hydrogens is 302 g/mol. The molecule has 0 saturated heterocycles. The van der Waals surface area contributed by atoms with Crippen LogP contribution < -0.4 is 5.32 Å². The predicted octanol–water partition coefficient (Wildman–Crippen LogP) is 2.55. The second-order valence-electron chi connectivity index (χ2n) is 5.93. The molecule has 0 spiro atoms. The lowest BCUT2D eigenvalue weighted by atomic mass is 10.1. The summed E-state index contributed by atoms with van der Waals surface area (Å²) in [5.41, 5.74) is 4.04. The Balaban J connectivity index is 1.66. The molecule has 2 aromatic heterocycles. The van der Waals surface area contributed by atoms with E-state index in [0.29, 0.717) is 18.6 Å². The molecule has 24 heavy (non-hydrogen) atoms. The molecule has 6 heteroatoms. The van der Waals surface area contributed by atoms with E-state index in [0.717, 1.165) is 22.5 Å². The lowest BCUT2D eigenvalue weighted by Crippen LogP contribution is -2.27. The van der Waals surface area contributed by atoms with Gasteiger partial charge >= 0.3 is 0 Å². The zero-order valence-electron chi connectivity index (χ0n) is 14.2. The molecule has 1 atom stereocenters. The summed E-state index contributed by atoms with van der Waals surface area (Å²) in [5, 5.41) is 7.22. The van der Waals surface area contributed by atoms with Crippen LogP contribution in [0.4, 0.5) is 0 Å². The second kappa shape index (κ2) is 6.78. The zero-order valence-corrected chi connectivity index (χ0v) is 14.2. The monoisotopic (exact) mass is 323 g/mol. The number of amides is 1. The van der Waals surface area contributed by atoms with E-state index < -0.39 is 0 Å². The smallest absolute Gasteiger partial charge is 0.252 e. The van der Waals surface area contributed by atoms with Crippen LogP contribution in [0.5, 0.6) is 0 Å². The molecular formula is C18H21N5O. The number of aromatic nitrogens is 4. The Morgan fingerprint density at radius 3 is 2.75 bits per heavy atom. The minimum Gasteiger partial charge on any atom is -0.350 e. The first kappa shape index (κ1) is 16.1. The van der Waals surface area contributed by atoms with Gasteiger partial charge in [-0.05, 0) is 38.3 Å². The summed E-state index contributed by atoms with van der Waals surface area (Å²) >= 11 is 0. The van der Waals surface area contributed by atoms with E-state index in [1.165, 1.54) is 6.33 Å². The van der Waals surface area contributed by atoms with Gasteiger partial charge in [0.05, 0.1) is 6.04 Å². The van der Waals surface area contributed by atoms with Crippen LogP contribution in [-0.4, -0.2) is 25.5 Å². The number of hydrogen-bond acceptors (Lipinski definition) is 4. The fourth-order valence-electron chi connectivity index (χ4n) is 2.89. The van der Waals surface area contributed by atoms with E-state index in [1.807, 2.05) is 51.1 Å². The van der Waals surface area contributed by atoms with Crippen LogP contribution in [0.3, 0.4) is 0 Å². The van der Waals surface area contributed by atoms with Gasteiger partial charge in [-0.25, -0.2) is 9.50 Å². The molecule has 0 bridgehead atoms. The molecule has 0 radical (unpaired) electrons. The SMILES string of the molecule is Cc1nc2ncnn2c(C)c1CCC(=O)N[C@@H](C)c1ccccc1. The Kier molecular flexibility index (Phi) is 4.55. The maximum atomic E-state index is 12.3. The van der Waals surface area contributed by atoms with Crippen molar-refractivity contribution in [1.29, 1.82) is 0 Å². The van der Waals surface area contributed by atoms with E-state index >= 15 is 0 Å². The number of benzene rings is 1. The lowest BCUT2D eigenvalue weighted by molar-refractivity contribution is -0.121. The van der Waals surface area contributed by atoms with Crippen molar-refractivity contribution in [2.24, 2.45) is 0 Å². The van der Waals surface area contributed by atoms with Gasteiger partial charge in [-0.15, -0.1) is 0 Å². The number of fused-ring (bicyclic) bond motifs is 1. The molecule has 0 aliphatic carbocycles. The predicted molar refractivity (Wildman–Crippen MR) is 91.6 cm³/mol. The van der Waals surface area contributed by atoms with Crippen LogP contribution in [0, 0.1) is 13.8 Å². The van der Waals surface area contributed by atoms with Crippen molar-refractivity contribution < 1.29 is 4.79 Å². The summed E-state index contributed by atoms with van der Waals surface area (Å²) < 4.78 is 1.72. The molecule has 0 fully saturated rings. The van der Waals surface area contributed by atoms with Crippen LogP contribution in [0.1, 0.15) is 41.9 Å². The summed E-state index contributed by atoms with van der Waals surface area (Å²) in [6, 6.07) is 9.95. The van der Waals surface area contributed by atoms with Gasteiger partial charge in [-0.1, -0.05) is 30.3 Å². The van der Waals surface area contributed by atoms with Crippen LogP contribution in [-0.2, 0) is 11.2 Å². The molecule has 1 aromatic carbocycles. The number of carbonyl (C=O) groups excluding carboxylic acids is 1. The van der Waals surface area contributed by atoms with Crippen LogP contribution in [0.15, 0.2) is 36.7 Å². The highest BCUT2D eigenvalue weighted by molar-refractivity contribution is 5.76. The number of carbonyl (C=O) groups is 1. The van der Waals surface area contributed by atoms with Gasteiger partial charge in [0, 0.05) is 17.8 Å². The summed E-state index contributed by atoms with van der Waals surface area (Å²) in [7, 11) is 0. The molecule has 3 aromatic rings. The number of nitrogens with zero attached hydrogens (tertiary/aromatic N) is 4. The quantitative estimate of drug-likeness (QED) is 0.783. The van der Waals surface area contributed by atoms with Gasteiger partial charge < -0.3 is 5.32 Å². The first-order valence-electron chi connectivity index (χ1n) is 8.06. The normalized spacial score (nSPS) is 12.3. The van der Waals surface area contributed by atoms with E-state index in [2.05, 4.69) is 20.4 Å². The van der Waals surface area contributed by atoms with Crippen molar-refractivity contribution in [3.8, 4) is 0 Å². The second-order valence-corrected chi connectivity index (χ2v) is 5.93. The molecule has 0 aliphatic rings. The lowest BCUT2D eigenvalue weighted by Gasteiger charge is -2.15. The van der Waals surface area contributed by atoms with Crippen molar-refractivity contribution in [3.63, 3.8) is 0 Å². The molecule has 3 rings (SSSR count). The van der Waals surface area contributed by atoms with Gasteiger partial charge in [-0.3, -0.25) is 4.79 Å². The van der Waals surface area contributed by atoms with E-state index in [9.17, 15) is 4.79 Å². The summed E-state index contributed by atoms with van der Waals surface area (Å²) in [4.78, 5) is 20.8. The summed E-state index contributed by atoms with van der Waals surface area (Å²) in [5.74, 6) is 0.625. The maximum absolute atomic E-state index is 12.3. The first-order valence-corrected chi connectivity index (χ1v) is 8.06. The highest BCUT2D eigenvalue weighted by atomic mass is 16.1. The van der Waals surface area contributed by atoms with E-state index in [-0.39, 0.29) is 11.9 Å². The molecule has 0 unspecified atom stereocenters. The van der Waals surface area contributed by atoms with Crippen molar-refractivity contribution in [2.45, 2.75) is 39.7 Å². The summed E-state index contributed by atoms with van der Waals surface area (Å²) in [6.07, 6.45) is 2.54. The molecule has 1 N–H and O–H groups in total. The van der Waals surface area contributed by atoms with Crippen LogP contribution in [0.25, 0.3) is 5.78 Å². The first-order chi connectivity index (χ1) is 11.6. The Labute approximate surface area is 141 Å². The third-order valence-electron chi connectivity index (χ3n) is 4.27. The highest BCUT2D eigenvalue weighted by Gasteiger charge is 2.14. The van der Waals surface area contributed by atoms with Crippen molar-refractivity contribution >= 4 is 11.7 Å². The number of aryl methyl sites for hydroxylation is 2. The minimum atomic E-state index is -0.00295. The number of rotatable bonds is 5. The van der Waals surface area contributed by atoms with Crippen molar-refractivity contribution in [3.05, 3.63) is 59.2 Å². The fraction of sp³-hybridized carbons (Fsp3) is 0.333. The van der Waals surface area contributed by atoms with Gasteiger partial charge in [0.25, 0.3) is 5.78 Å². The fourth-order valence-corrected chi connectivity index (χ4v) is 2.89. The van der Waals surface area contributed by atoms with Crippen molar-refractivity contribution in [2.75, 3.05) is 0 Å². The van der Waals surface area contributed by atoms with Gasteiger partial charge in [0.1, 0.15) is 6.33 Å². The van der Waals surface area contributed by atoms with Gasteiger partial charge in [-0.2, -0.15) is 10.1 Å². The molecule has 0 saturated carbocycles. The molecule has 1 amide bonds. The van der Waals surface area contributed by atoms with Crippen LogP contribution in [0.2, 0.25) is 0 Å². The molecule has 0 aliphatic heterocycles. The maximum Gasteiger partial charge on any atom is 0.252 e. The number of hydrogen-bond donors (Lipinski definition) is 1. The van der Waals surface area contributed by atoms with Gasteiger partial charge in [0.2, 0.25) is 5.91 Å². The third kappa shape index (κ3) is 3.27. The average molecular weight is 323 g/mol. The van der Waals surface area contributed by atoms with Crippen molar-refractivity contribution in [1.82, 2.24) is 24.9 Å². The Morgan fingerprint density at radius 2 is 2.00 bits per heavy atom. The number of nitrogens with one attached hydrogen (secondary N) is 1. The van der Waals surface area contributed by atoms with E-state index in [4.69, 9.17) is 0 Å². The largest absolute Gasteiger partial charge is 0.350 e. The van der Waals surface area contributed by atoms with E-state index in [1.54, 1.807) is 4.52 Å². The van der Waals surface area contributed by atoms with Gasteiger partial charge in [0.15, 0.2) is 0 Å².